The zero-order valence-corrected chi connectivity index (χ0v) is 10.3. The van der Waals surface area contributed by atoms with Crippen molar-refractivity contribution in [1.82, 2.24) is 15.0 Å². The lowest BCUT2D eigenvalue weighted by molar-refractivity contribution is 0.290. The summed E-state index contributed by atoms with van der Waals surface area (Å²) < 4.78 is 5.42. The lowest BCUT2D eigenvalue weighted by Crippen LogP contribution is -2.07. The highest BCUT2D eigenvalue weighted by atomic mass is 16.5. The summed E-state index contributed by atoms with van der Waals surface area (Å²) in [6.45, 7) is 4.84. The third-order valence-corrected chi connectivity index (χ3v) is 2.07. The molecule has 5 nitrogen and oxygen atoms in total. The molecule has 0 aromatic carbocycles. The van der Waals surface area contributed by atoms with Crippen LogP contribution >= 0.6 is 0 Å². The predicted molar refractivity (Wildman–Crippen MR) is 63.8 cm³/mol. The molecule has 0 aliphatic heterocycles. The Kier molecular flexibility index (Phi) is 5.53. The van der Waals surface area contributed by atoms with Gasteiger partial charge in [0.1, 0.15) is 5.82 Å². The summed E-state index contributed by atoms with van der Waals surface area (Å²) in [6.07, 6.45) is 4.03. The van der Waals surface area contributed by atoms with Crippen molar-refractivity contribution in [3.8, 4) is 6.01 Å². The summed E-state index contributed by atoms with van der Waals surface area (Å²) in [4.78, 5) is 12.7. The smallest absolute Gasteiger partial charge is 0.321 e. The van der Waals surface area contributed by atoms with Crippen molar-refractivity contribution in [2.45, 2.75) is 39.5 Å². The fourth-order valence-corrected chi connectivity index (χ4v) is 1.21. The minimum absolute atomic E-state index is 0.423. The summed E-state index contributed by atoms with van der Waals surface area (Å²) in [5.74, 6) is 1.37. The van der Waals surface area contributed by atoms with Gasteiger partial charge in [-0.2, -0.15) is 15.0 Å². The van der Waals surface area contributed by atoms with Crippen LogP contribution in [-0.4, -0.2) is 28.6 Å². The number of aromatic nitrogens is 3. The molecule has 0 bridgehead atoms. The Morgan fingerprint density at radius 3 is 2.56 bits per heavy atom. The van der Waals surface area contributed by atoms with Gasteiger partial charge in [-0.3, -0.25) is 0 Å². The molecule has 0 saturated carbocycles. The second-order valence-corrected chi connectivity index (χ2v) is 3.56. The van der Waals surface area contributed by atoms with Crippen molar-refractivity contribution < 1.29 is 4.74 Å². The van der Waals surface area contributed by atoms with Gasteiger partial charge in [0, 0.05) is 13.5 Å². The van der Waals surface area contributed by atoms with Gasteiger partial charge in [0.05, 0.1) is 6.61 Å². The number of ether oxygens (including phenoxy) is 1. The minimum atomic E-state index is 0.423. The third kappa shape index (κ3) is 4.00. The highest BCUT2D eigenvalue weighted by Crippen LogP contribution is 2.09. The number of hydrogen-bond acceptors (Lipinski definition) is 5. The van der Waals surface area contributed by atoms with E-state index >= 15 is 0 Å². The van der Waals surface area contributed by atoms with E-state index < -0.39 is 0 Å². The van der Waals surface area contributed by atoms with Crippen LogP contribution < -0.4 is 10.1 Å². The van der Waals surface area contributed by atoms with Gasteiger partial charge in [-0.05, 0) is 12.8 Å². The number of nitrogens with one attached hydrogen (secondary N) is 1. The Labute approximate surface area is 96.7 Å². The van der Waals surface area contributed by atoms with Crippen LogP contribution in [0.5, 0.6) is 6.01 Å². The van der Waals surface area contributed by atoms with Gasteiger partial charge in [0.2, 0.25) is 5.95 Å². The molecular formula is C11H20N4O. The molecule has 0 aliphatic rings. The van der Waals surface area contributed by atoms with Crippen LogP contribution in [0.4, 0.5) is 5.95 Å². The van der Waals surface area contributed by atoms with Gasteiger partial charge in [-0.15, -0.1) is 0 Å². The average Bonchev–Trinajstić information content (AvgIpc) is 2.33. The SMILES string of the molecule is CCCCc1nc(NC)nc(OCCC)n1. The fraction of sp³-hybridized carbons (Fsp3) is 0.727. The molecule has 1 aromatic rings. The molecule has 0 fully saturated rings. The maximum absolute atomic E-state index is 5.42. The molecule has 5 heteroatoms. The summed E-state index contributed by atoms with van der Waals surface area (Å²) in [6, 6.07) is 0.423. The quantitative estimate of drug-likeness (QED) is 0.768. The zero-order valence-electron chi connectivity index (χ0n) is 10.3. The standard InChI is InChI=1S/C11H20N4O/c1-4-6-7-9-13-10(12-3)15-11(14-9)16-8-5-2/h4-8H2,1-3H3,(H,12,13,14,15). The lowest BCUT2D eigenvalue weighted by Gasteiger charge is -2.06. The summed E-state index contributed by atoms with van der Waals surface area (Å²) in [7, 11) is 1.79. The van der Waals surface area contributed by atoms with Crippen LogP contribution in [0.15, 0.2) is 0 Å². The first-order chi connectivity index (χ1) is 7.80. The number of anilines is 1. The van der Waals surface area contributed by atoms with Gasteiger partial charge in [-0.25, -0.2) is 0 Å². The van der Waals surface area contributed by atoms with Crippen molar-refractivity contribution in [1.29, 1.82) is 0 Å². The summed E-state index contributed by atoms with van der Waals surface area (Å²) >= 11 is 0. The molecule has 16 heavy (non-hydrogen) atoms. The first-order valence-electron chi connectivity index (χ1n) is 5.85. The Morgan fingerprint density at radius 2 is 1.94 bits per heavy atom. The molecule has 1 N–H and O–H groups in total. The second kappa shape index (κ2) is 6.98. The Hall–Kier alpha value is -1.39. The topological polar surface area (TPSA) is 59.9 Å². The monoisotopic (exact) mass is 224 g/mol. The molecule has 1 heterocycles. The van der Waals surface area contributed by atoms with Gasteiger partial charge < -0.3 is 10.1 Å². The van der Waals surface area contributed by atoms with Gasteiger partial charge >= 0.3 is 6.01 Å². The van der Waals surface area contributed by atoms with Crippen LogP contribution in [0.3, 0.4) is 0 Å². The summed E-state index contributed by atoms with van der Waals surface area (Å²) in [5.41, 5.74) is 0. The second-order valence-electron chi connectivity index (χ2n) is 3.56. The number of aryl methyl sites for hydroxylation is 1. The van der Waals surface area contributed by atoms with Crippen LogP contribution in [0.2, 0.25) is 0 Å². The van der Waals surface area contributed by atoms with E-state index in [9.17, 15) is 0 Å². The van der Waals surface area contributed by atoms with E-state index in [1.54, 1.807) is 7.05 Å². The number of hydrogen-bond donors (Lipinski definition) is 1. The van der Waals surface area contributed by atoms with Crippen LogP contribution in [0.1, 0.15) is 38.9 Å². The summed E-state index contributed by atoms with van der Waals surface area (Å²) in [5, 5.41) is 2.92. The molecule has 0 spiro atoms. The molecule has 0 atom stereocenters. The highest BCUT2D eigenvalue weighted by Gasteiger charge is 2.05. The van der Waals surface area contributed by atoms with Crippen molar-refractivity contribution in [2.24, 2.45) is 0 Å². The molecule has 90 valence electrons. The number of rotatable bonds is 7. The number of nitrogens with zero attached hydrogens (tertiary/aromatic N) is 3. The first-order valence-corrected chi connectivity index (χ1v) is 5.85. The first kappa shape index (κ1) is 12.7. The molecule has 1 rings (SSSR count). The fourth-order valence-electron chi connectivity index (χ4n) is 1.21. The molecular weight excluding hydrogens is 204 g/mol. The molecule has 0 saturated heterocycles. The van der Waals surface area contributed by atoms with Gasteiger partial charge in [0.15, 0.2) is 0 Å². The number of unbranched alkanes of at least 4 members (excludes halogenated alkanes) is 1. The zero-order chi connectivity index (χ0) is 11.8. The predicted octanol–water partition coefficient (Wildman–Crippen LogP) is 2.04. The minimum Gasteiger partial charge on any atom is -0.463 e. The van der Waals surface area contributed by atoms with Gasteiger partial charge in [-0.1, -0.05) is 20.3 Å². The van der Waals surface area contributed by atoms with E-state index in [1.165, 1.54) is 0 Å². The van der Waals surface area contributed by atoms with E-state index in [2.05, 4.69) is 34.1 Å². The Morgan fingerprint density at radius 1 is 1.12 bits per heavy atom. The van der Waals surface area contributed by atoms with E-state index in [1.807, 2.05) is 0 Å². The van der Waals surface area contributed by atoms with Crippen LogP contribution in [0.25, 0.3) is 0 Å². The maximum Gasteiger partial charge on any atom is 0.321 e. The van der Waals surface area contributed by atoms with Crippen molar-refractivity contribution in [3.63, 3.8) is 0 Å². The Balaban J connectivity index is 2.74. The molecule has 0 aliphatic carbocycles. The van der Waals surface area contributed by atoms with Gasteiger partial charge in [0.25, 0.3) is 0 Å². The Bertz CT molecular complexity index is 291. The van der Waals surface area contributed by atoms with Crippen molar-refractivity contribution in [2.75, 3.05) is 19.0 Å². The van der Waals surface area contributed by atoms with E-state index in [4.69, 9.17) is 4.74 Å². The van der Waals surface area contributed by atoms with Crippen molar-refractivity contribution >= 4 is 5.95 Å². The van der Waals surface area contributed by atoms with Crippen molar-refractivity contribution in [3.05, 3.63) is 5.82 Å². The third-order valence-electron chi connectivity index (χ3n) is 2.07. The molecule has 0 unspecified atom stereocenters. The molecule has 1 aromatic heterocycles. The molecule has 0 amide bonds. The highest BCUT2D eigenvalue weighted by molar-refractivity contribution is 5.24. The van der Waals surface area contributed by atoms with Crippen LogP contribution in [-0.2, 0) is 6.42 Å². The van der Waals surface area contributed by atoms with Crippen LogP contribution in [0, 0.1) is 0 Å². The normalized spacial score (nSPS) is 10.2. The molecule has 0 radical (unpaired) electrons. The average molecular weight is 224 g/mol. The van der Waals surface area contributed by atoms with E-state index in [0.29, 0.717) is 18.6 Å². The lowest BCUT2D eigenvalue weighted by atomic mass is 10.2. The maximum atomic E-state index is 5.42. The largest absolute Gasteiger partial charge is 0.463 e. The van der Waals surface area contributed by atoms with E-state index in [-0.39, 0.29) is 0 Å². The van der Waals surface area contributed by atoms with E-state index in [0.717, 1.165) is 31.5 Å².